The van der Waals surface area contributed by atoms with E-state index in [0.717, 1.165) is 0 Å². The molecule has 1 rings (SSSR count). The van der Waals surface area contributed by atoms with Crippen molar-refractivity contribution in [2.45, 2.75) is 83.1 Å². The summed E-state index contributed by atoms with van der Waals surface area (Å²) in [6.07, 6.45) is 6.19. The van der Waals surface area contributed by atoms with Gasteiger partial charge in [0.2, 0.25) is 0 Å². The molecule has 0 atom stereocenters. The molecule has 3 heteroatoms. The fourth-order valence-electron chi connectivity index (χ4n) is 2.54. The molecular formula is C16H30O2S. The van der Waals surface area contributed by atoms with Gasteiger partial charge in [0.05, 0.1) is 10.2 Å². The molecule has 0 amide bonds. The van der Waals surface area contributed by atoms with E-state index < -0.39 is 5.41 Å². The normalized spacial score (nSPS) is 20.1. The van der Waals surface area contributed by atoms with Gasteiger partial charge in [-0.15, -0.1) is 11.8 Å². The lowest BCUT2D eigenvalue weighted by Gasteiger charge is -2.41. The van der Waals surface area contributed by atoms with Crippen molar-refractivity contribution in [3.05, 3.63) is 0 Å². The summed E-state index contributed by atoms with van der Waals surface area (Å²) in [5, 5.41) is 0. The number of hydrogen-bond acceptors (Lipinski definition) is 3. The van der Waals surface area contributed by atoms with E-state index in [0.29, 0.717) is 6.61 Å². The van der Waals surface area contributed by atoms with Gasteiger partial charge in [-0.3, -0.25) is 4.79 Å². The van der Waals surface area contributed by atoms with E-state index in [1.807, 2.05) is 32.5 Å². The molecule has 1 fully saturated rings. The Bertz CT molecular complexity index is 304. The molecule has 0 unspecified atom stereocenters. The zero-order valence-corrected chi connectivity index (χ0v) is 14.3. The zero-order chi connectivity index (χ0) is 14.7. The van der Waals surface area contributed by atoms with Crippen LogP contribution < -0.4 is 0 Å². The molecule has 0 bridgehead atoms. The minimum Gasteiger partial charge on any atom is -0.464 e. The van der Waals surface area contributed by atoms with E-state index in [2.05, 4.69) is 20.8 Å². The molecule has 0 radical (unpaired) electrons. The van der Waals surface area contributed by atoms with E-state index in [4.69, 9.17) is 4.74 Å². The summed E-state index contributed by atoms with van der Waals surface area (Å²) in [7, 11) is 0. The fourth-order valence-corrected chi connectivity index (χ4v) is 4.44. The highest BCUT2D eigenvalue weighted by Gasteiger charge is 2.38. The monoisotopic (exact) mass is 286 g/mol. The molecule has 0 aromatic heterocycles. The number of ether oxygens (including phenoxy) is 1. The van der Waals surface area contributed by atoms with Crippen LogP contribution in [0.25, 0.3) is 0 Å². The highest BCUT2D eigenvalue weighted by molar-refractivity contribution is 8.02. The van der Waals surface area contributed by atoms with Crippen molar-refractivity contribution in [1.82, 2.24) is 0 Å². The number of hydrogen-bond donors (Lipinski definition) is 0. The van der Waals surface area contributed by atoms with Gasteiger partial charge in [0.15, 0.2) is 0 Å². The first-order valence-electron chi connectivity index (χ1n) is 7.42. The summed E-state index contributed by atoms with van der Waals surface area (Å²) in [5.41, 5.74) is -0.401. The van der Waals surface area contributed by atoms with Crippen LogP contribution in [-0.2, 0) is 9.53 Å². The molecular weight excluding hydrogens is 256 g/mol. The molecule has 0 aliphatic heterocycles. The van der Waals surface area contributed by atoms with Crippen LogP contribution in [0.1, 0.15) is 73.6 Å². The predicted octanol–water partition coefficient (Wildman–Crippen LogP) is 4.81. The standard InChI is InChI=1S/C16H30O2S/c1-14(2,3)13(17)18-12-16(19-15(4,5)6)10-8-7-9-11-16/h7-12H2,1-6H3. The van der Waals surface area contributed by atoms with Gasteiger partial charge in [-0.05, 0) is 33.6 Å². The van der Waals surface area contributed by atoms with Crippen LogP contribution in [0.15, 0.2) is 0 Å². The Kier molecular flexibility index (Phi) is 5.39. The van der Waals surface area contributed by atoms with Gasteiger partial charge < -0.3 is 4.74 Å². The van der Waals surface area contributed by atoms with Gasteiger partial charge in [0.1, 0.15) is 6.61 Å². The lowest BCUT2D eigenvalue weighted by atomic mass is 9.88. The van der Waals surface area contributed by atoms with E-state index in [9.17, 15) is 4.79 Å². The van der Waals surface area contributed by atoms with Gasteiger partial charge >= 0.3 is 5.97 Å². The average molecular weight is 286 g/mol. The first-order valence-corrected chi connectivity index (χ1v) is 8.23. The highest BCUT2D eigenvalue weighted by Crippen LogP contribution is 2.46. The van der Waals surface area contributed by atoms with Crippen LogP contribution in [0.4, 0.5) is 0 Å². The minimum atomic E-state index is -0.401. The molecule has 0 spiro atoms. The fraction of sp³-hybridized carbons (Fsp3) is 0.938. The van der Waals surface area contributed by atoms with Gasteiger partial charge in [-0.2, -0.15) is 0 Å². The SMILES string of the molecule is CC(C)(C)SC1(COC(=O)C(C)(C)C)CCCCC1. The second-order valence-corrected chi connectivity index (χ2v) is 10.1. The van der Waals surface area contributed by atoms with Crippen molar-refractivity contribution in [2.75, 3.05) is 6.61 Å². The Morgan fingerprint density at radius 3 is 2.00 bits per heavy atom. The lowest BCUT2D eigenvalue weighted by molar-refractivity contribution is -0.154. The van der Waals surface area contributed by atoms with Gasteiger partial charge in [0.25, 0.3) is 0 Å². The van der Waals surface area contributed by atoms with Crippen molar-refractivity contribution in [2.24, 2.45) is 5.41 Å². The molecule has 112 valence electrons. The molecule has 1 aliphatic rings. The maximum absolute atomic E-state index is 12.0. The van der Waals surface area contributed by atoms with E-state index >= 15 is 0 Å². The lowest BCUT2D eigenvalue weighted by Crippen LogP contribution is -2.39. The van der Waals surface area contributed by atoms with Crippen LogP contribution in [0.3, 0.4) is 0 Å². The van der Waals surface area contributed by atoms with Crippen LogP contribution in [0.5, 0.6) is 0 Å². The van der Waals surface area contributed by atoms with Crippen LogP contribution in [0.2, 0.25) is 0 Å². The third-order valence-corrected chi connectivity index (χ3v) is 4.94. The van der Waals surface area contributed by atoms with Gasteiger partial charge in [-0.25, -0.2) is 0 Å². The molecule has 1 saturated carbocycles. The van der Waals surface area contributed by atoms with Crippen LogP contribution >= 0.6 is 11.8 Å². The highest BCUT2D eigenvalue weighted by atomic mass is 32.2. The van der Waals surface area contributed by atoms with Crippen molar-refractivity contribution in [1.29, 1.82) is 0 Å². The Hall–Kier alpha value is -0.180. The number of thioether (sulfide) groups is 1. The Labute approximate surface area is 123 Å². The first-order chi connectivity index (χ1) is 8.54. The molecule has 0 saturated heterocycles. The molecule has 2 nitrogen and oxygen atoms in total. The number of carbonyl (C=O) groups is 1. The molecule has 19 heavy (non-hydrogen) atoms. The van der Waals surface area contributed by atoms with Crippen LogP contribution in [0, 0.1) is 5.41 Å². The van der Waals surface area contributed by atoms with Gasteiger partial charge in [0, 0.05) is 4.75 Å². The second kappa shape index (κ2) is 6.07. The predicted molar refractivity (Wildman–Crippen MR) is 83.6 cm³/mol. The van der Waals surface area contributed by atoms with Crippen molar-refractivity contribution in [3.8, 4) is 0 Å². The Balaban J connectivity index is 2.67. The third-order valence-electron chi connectivity index (χ3n) is 3.37. The third kappa shape index (κ3) is 5.76. The summed E-state index contributed by atoms with van der Waals surface area (Å²) in [4.78, 5) is 12.0. The molecule has 0 aromatic carbocycles. The summed E-state index contributed by atoms with van der Waals surface area (Å²) in [6.45, 7) is 13.1. The number of rotatable bonds is 3. The summed E-state index contributed by atoms with van der Waals surface area (Å²) in [5.74, 6) is -0.0769. The zero-order valence-electron chi connectivity index (χ0n) is 13.5. The topological polar surface area (TPSA) is 26.3 Å². The first kappa shape index (κ1) is 16.9. The molecule has 1 aliphatic carbocycles. The van der Waals surface area contributed by atoms with E-state index in [-0.39, 0.29) is 15.5 Å². The molecule has 0 N–H and O–H groups in total. The van der Waals surface area contributed by atoms with Gasteiger partial charge in [-0.1, -0.05) is 40.0 Å². The number of carbonyl (C=O) groups excluding carboxylic acids is 1. The van der Waals surface area contributed by atoms with Crippen molar-refractivity contribution < 1.29 is 9.53 Å². The van der Waals surface area contributed by atoms with Crippen molar-refractivity contribution in [3.63, 3.8) is 0 Å². The van der Waals surface area contributed by atoms with E-state index in [1.54, 1.807) is 0 Å². The Morgan fingerprint density at radius 1 is 1.05 bits per heavy atom. The van der Waals surface area contributed by atoms with E-state index in [1.165, 1.54) is 32.1 Å². The maximum atomic E-state index is 12.0. The van der Waals surface area contributed by atoms with Crippen LogP contribution in [-0.4, -0.2) is 22.1 Å². The quantitative estimate of drug-likeness (QED) is 0.696. The summed E-state index contributed by atoms with van der Waals surface area (Å²) >= 11 is 2.00. The summed E-state index contributed by atoms with van der Waals surface area (Å²) < 4.78 is 5.99. The Morgan fingerprint density at radius 2 is 1.58 bits per heavy atom. The van der Waals surface area contributed by atoms with Crippen molar-refractivity contribution >= 4 is 17.7 Å². The maximum Gasteiger partial charge on any atom is 0.311 e. The smallest absolute Gasteiger partial charge is 0.311 e. The molecule has 0 heterocycles. The molecule has 0 aromatic rings. The average Bonchev–Trinajstić information content (AvgIpc) is 2.23. The number of esters is 1. The minimum absolute atomic E-state index is 0.0769. The largest absolute Gasteiger partial charge is 0.464 e. The summed E-state index contributed by atoms with van der Waals surface area (Å²) in [6, 6.07) is 0. The second-order valence-electron chi connectivity index (χ2n) is 7.78.